The molecule has 2 rings (SSSR count). The van der Waals surface area contributed by atoms with Gasteiger partial charge in [-0.3, -0.25) is 0 Å². The molecule has 3 N–H and O–H groups in total. The van der Waals surface area contributed by atoms with E-state index in [1.165, 1.54) is 6.07 Å². The summed E-state index contributed by atoms with van der Waals surface area (Å²) in [7, 11) is 0. The Morgan fingerprint density at radius 2 is 2.10 bits per heavy atom. The highest BCUT2D eigenvalue weighted by Gasteiger charge is 2.15. The van der Waals surface area contributed by atoms with Gasteiger partial charge in [0, 0.05) is 5.69 Å². The number of para-hydroxylation sites is 1. The van der Waals surface area contributed by atoms with Crippen molar-refractivity contribution >= 4 is 23.0 Å². The zero-order valence-electron chi connectivity index (χ0n) is 11.9. The van der Waals surface area contributed by atoms with Crippen molar-refractivity contribution in [2.75, 3.05) is 17.7 Å². The minimum Gasteiger partial charge on any atom is -0.462 e. The molecule has 4 nitrogen and oxygen atoms in total. The standard InChI is InChI=1S/C16H17FN2O2/c1-3-21-16(20)12-5-4-6-14(18)15(12)19-11-8-7-10(2)13(17)9-11/h4-9,19H,3,18H2,1-2H3. The van der Waals surface area contributed by atoms with Crippen LogP contribution in [0.25, 0.3) is 0 Å². The van der Waals surface area contributed by atoms with Crippen molar-refractivity contribution in [3.05, 3.63) is 53.3 Å². The zero-order chi connectivity index (χ0) is 15.4. The van der Waals surface area contributed by atoms with Crippen molar-refractivity contribution in [2.24, 2.45) is 0 Å². The number of aryl methyl sites for hydroxylation is 1. The molecule has 0 unspecified atom stereocenters. The van der Waals surface area contributed by atoms with Gasteiger partial charge in [0.25, 0.3) is 0 Å². The molecule has 0 spiro atoms. The van der Waals surface area contributed by atoms with Crippen molar-refractivity contribution in [1.82, 2.24) is 0 Å². The second-order valence-electron chi connectivity index (χ2n) is 4.58. The molecule has 0 aliphatic rings. The van der Waals surface area contributed by atoms with Gasteiger partial charge in [0.05, 0.1) is 23.5 Å². The van der Waals surface area contributed by atoms with Crippen molar-refractivity contribution in [1.29, 1.82) is 0 Å². The Morgan fingerprint density at radius 1 is 1.33 bits per heavy atom. The largest absolute Gasteiger partial charge is 0.462 e. The van der Waals surface area contributed by atoms with Crippen LogP contribution in [0.2, 0.25) is 0 Å². The highest BCUT2D eigenvalue weighted by atomic mass is 19.1. The second-order valence-corrected chi connectivity index (χ2v) is 4.58. The van der Waals surface area contributed by atoms with E-state index in [9.17, 15) is 9.18 Å². The third kappa shape index (κ3) is 3.31. The van der Waals surface area contributed by atoms with Gasteiger partial charge in [-0.15, -0.1) is 0 Å². The van der Waals surface area contributed by atoms with Gasteiger partial charge in [-0.25, -0.2) is 9.18 Å². The van der Waals surface area contributed by atoms with Crippen molar-refractivity contribution in [3.8, 4) is 0 Å². The summed E-state index contributed by atoms with van der Waals surface area (Å²) in [6.07, 6.45) is 0. The summed E-state index contributed by atoms with van der Waals surface area (Å²) in [6, 6.07) is 9.68. The van der Waals surface area contributed by atoms with E-state index in [1.54, 1.807) is 44.2 Å². The van der Waals surface area contributed by atoms with Crippen molar-refractivity contribution in [2.45, 2.75) is 13.8 Å². The fourth-order valence-corrected chi connectivity index (χ4v) is 1.90. The summed E-state index contributed by atoms with van der Waals surface area (Å²) in [5.41, 5.74) is 8.09. The molecule has 21 heavy (non-hydrogen) atoms. The Bertz CT molecular complexity index is 671. The number of halogens is 1. The topological polar surface area (TPSA) is 64.3 Å². The number of carbonyl (C=O) groups is 1. The first-order valence-electron chi connectivity index (χ1n) is 6.61. The number of ether oxygens (including phenoxy) is 1. The number of carbonyl (C=O) groups excluding carboxylic acids is 1. The van der Waals surface area contributed by atoms with Gasteiger partial charge in [0.2, 0.25) is 0 Å². The van der Waals surface area contributed by atoms with Crippen LogP contribution in [0.4, 0.5) is 21.5 Å². The molecular formula is C16H17FN2O2. The Labute approximate surface area is 122 Å². The molecule has 0 aromatic heterocycles. The van der Waals surface area contributed by atoms with Gasteiger partial charge in [-0.1, -0.05) is 12.1 Å². The average Bonchev–Trinajstić information content (AvgIpc) is 2.45. The minimum absolute atomic E-state index is 0.270. The third-order valence-electron chi connectivity index (χ3n) is 3.03. The summed E-state index contributed by atoms with van der Waals surface area (Å²) >= 11 is 0. The number of esters is 1. The van der Waals surface area contributed by atoms with E-state index in [2.05, 4.69) is 5.32 Å². The normalized spacial score (nSPS) is 10.2. The minimum atomic E-state index is -0.472. The zero-order valence-corrected chi connectivity index (χ0v) is 11.9. The number of hydrogen-bond acceptors (Lipinski definition) is 4. The monoisotopic (exact) mass is 288 g/mol. The van der Waals surface area contributed by atoms with E-state index in [4.69, 9.17) is 10.5 Å². The van der Waals surface area contributed by atoms with Crippen molar-refractivity contribution < 1.29 is 13.9 Å². The van der Waals surface area contributed by atoms with E-state index in [0.29, 0.717) is 28.2 Å². The molecule has 5 heteroatoms. The lowest BCUT2D eigenvalue weighted by molar-refractivity contribution is 0.0527. The van der Waals surface area contributed by atoms with Crippen LogP contribution in [0.15, 0.2) is 36.4 Å². The highest BCUT2D eigenvalue weighted by molar-refractivity contribution is 5.99. The summed E-state index contributed by atoms with van der Waals surface area (Å²) in [5, 5.41) is 2.98. The number of hydrogen-bond donors (Lipinski definition) is 2. The van der Waals surface area contributed by atoms with Crippen LogP contribution in [0.1, 0.15) is 22.8 Å². The molecule has 2 aromatic carbocycles. The SMILES string of the molecule is CCOC(=O)c1cccc(N)c1Nc1ccc(C)c(F)c1. The van der Waals surface area contributed by atoms with Crippen LogP contribution in [-0.2, 0) is 4.74 Å². The second kappa shape index (κ2) is 6.26. The van der Waals surface area contributed by atoms with E-state index >= 15 is 0 Å². The molecule has 0 aliphatic carbocycles. The quantitative estimate of drug-likeness (QED) is 0.666. The first-order valence-corrected chi connectivity index (χ1v) is 6.61. The van der Waals surface area contributed by atoms with Gasteiger partial charge in [-0.2, -0.15) is 0 Å². The summed E-state index contributed by atoms with van der Waals surface area (Å²) in [6.45, 7) is 3.68. The van der Waals surface area contributed by atoms with E-state index < -0.39 is 5.97 Å². The number of nitrogens with two attached hydrogens (primary N) is 1. The predicted molar refractivity (Wildman–Crippen MR) is 81.2 cm³/mol. The first-order chi connectivity index (χ1) is 10.0. The molecule has 0 saturated heterocycles. The number of anilines is 3. The van der Waals surface area contributed by atoms with Gasteiger partial charge < -0.3 is 15.8 Å². The number of nitrogens with one attached hydrogen (secondary N) is 1. The Hall–Kier alpha value is -2.56. The summed E-state index contributed by atoms with van der Waals surface area (Å²) < 4.78 is 18.6. The van der Waals surface area contributed by atoms with Gasteiger partial charge in [0.15, 0.2) is 0 Å². The maximum Gasteiger partial charge on any atom is 0.340 e. The lowest BCUT2D eigenvalue weighted by Crippen LogP contribution is -2.09. The fourth-order valence-electron chi connectivity index (χ4n) is 1.90. The lowest BCUT2D eigenvalue weighted by Gasteiger charge is -2.14. The molecule has 2 aromatic rings. The summed E-state index contributed by atoms with van der Waals surface area (Å²) in [5.74, 6) is -0.799. The molecule has 0 aliphatic heterocycles. The molecular weight excluding hydrogens is 271 g/mol. The number of nitrogen functional groups attached to an aromatic ring is 1. The van der Waals surface area contributed by atoms with E-state index in [-0.39, 0.29) is 12.4 Å². The lowest BCUT2D eigenvalue weighted by atomic mass is 10.1. The molecule has 0 fully saturated rings. The third-order valence-corrected chi connectivity index (χ3v) is 3.03. The predicted octanol–water partition coefficient (Wildman–Crippen LogP) is 3.64. The van der Waals surface area contributed by atoms with Gasteiger partial charge >= 0.3 is 5.97 Å². The van der Waals surface area contributed by atoms with Crippen LogP contribution in [0.5, 0.6) is 0 Å². The van der Waals surface area contributed by atoms with Crippen molar-refractivity contribution in [3.63, 3.8) is 0 Å². The molecule has 0 heterocycles. The molecule has 0 amide bonds. The molecule has 0 saturated carbocycles. The van der Waals surface area contributed by atoms with Crippen LogP contribution in [0.3, 0.4) is 0 Å². The highest BCUT2D eigenvalue weighted by Crippen LogP contribution is 2.28. The van der Waals surface area contributed by atoms with E-state index in [1.807, 2.05) is 0 Å². The molecule has 0 bridgehead atoms. The van der Waals surface area contributed by atoms with Crippen LogP contribution in [0, 0.1) is 12.7 Å². The fraction of sp³-hybridized carbons (Fsp3) is 0.188. The Kier molecular flexibility index (Phi) is 4.42. The smallest absolute Gasteiger partial charge is 0.340 e. The molecule has 0 atom stereocenters. The number of rotatable bonds is 4. The molecule has 0 radical (unpaired) electrons. The maximum absolute atomic E-state index is 13.6. The van der Waals surface area contributed by atoms with E-state index in [0.717, 1.165) is 0 Å². The van der Waals surface area contributed by atoms with Crippen LogP contribution in [-0.4, -0.2) is 12.6 Å². The van der Waals surface area contributed by atoms with Gasteiger partial charge in [0.1, 0.15) is 5.82 Å². The number of benzene rings is 2. The Morgan fingerprint density at radius 3 is 2.76 bits per heavy atom. The van der Waals surface area contributed by atoms with Gasteiger partial charge in [-0.05, 0) is 43.7 Å². The molecule has 110 valence electrons. The average molecular weight is 288 g/mol. The van der Waals surface area contributed by atoms with Crippen LogP contribution < -0.4 is 11.1 Å². The first kappa shape index (κ1) is 14.8. The Balaban J connectivity index is 2.38. The maximum atomic E-state index is 13.6. The summed E-state index contributed by atoms with van der Waals surface area (Å²) in [4.78, 5) is 11.9. The van der Waals surface area contributed by atoms with Crippen LogP contribution >= 0.6 is 0 Å².